The van der Waals surface area contributed by atoms with Crippen LogP contribution in [0.15, 0.2) is 40.4 Å². The van der Waals surface area contributed by atoms with Crippen LogP contribution in [0.3, 0.4) is 0 Å². The van der Waals surface area contributed by atoms with E-state index < -0.39 is 0 Å². The standard InChI is InChI=1S/C16H16ClN3O2S/c1-10-6-19-16-20(15(10)22)8-12(9-23-16)14(21)18-7-11-4-2-3-5-13(11)17/h2-6,12H,7-9H2,1H3,(H,18,21)/t12-/m0/s1. The lowest BCUT2D eigenvalue weighted by Crippen LogP contribution is -2.40. The Kier molecular flexibility index (Phi) is 4.73. The number of thioether (sulfide) groups is 1. The van der Waals surface area contributed by atoms with Crippen LogP contribution in [-0.4, -0.2) is 21.2 Å². The fourth-order valence-corrected chi connectivity index (χ4v) is 3.68. The molecule has 5 nitrogen and oxygen atoms in total. The molecule has 23 heavy (non-hydrogen) atoms. The van der Waals surface area contributed by atoms with Gasteiger partial charge in [0.25, 0.3) is 5.56 Å². The number of fused-ring (bicyclic) bond motifs is 1. The number of aromatic nitrogens is 2. The number of hydrogen-bond acceptors (Lipinski definition) is 4. The van der Waals surface area contributed by atoms with Gasteiger partial charge in [-0.1, -0.05) is 41.6 Å². The van der Waals surface area contributed by atoms with E-state index in [4.69, 9.17) is 11.6 Å². The van der Waals surface area contributed by atoms with Crippen LogP contribution >= 0.6 is 23.4 Å². The van der Waals surface area contributed by atoms with Gasteiger partial charge in [-0.05, 0) is 18.6 Å². The van der Waals surface area contributed by atoms with E-state index in [-0.39, 0.29) is 17.4 Å². The van der Waals surface area contributed by atoms with Crippen molar-refractivity contribution in [2.24, 2.45) is 5.92 Å². The molecule has 0 aliphatic carbocycles. The third-order valence-corrected chi connectivity index (χ3v) is 5.30. The Balaban J connectivity index is 1.69. The van der Waals surface area contributed by atoms with E-state index in [1.54, 1.807) is 23.8 Å². The molecule has 0 saturated heterocycles. The Hall–Kier alpha value is -1.79. The van der Waals surface area contributed by atoms with Gasteiger partial charge < -0.3 is 5.32 Å². The number of rotatable bonds is 3. The van der Waals surface area contributed by atoms with Gasteiger partial charge >= 0.3 is 0 Å². The zero-order valence-electron chi connectivity index (χ0n) is 12.6. The minimum Gasteiger partial charge on any atom is -0.352 e. The number of hydrogen-bond donors (Lipinski definition) is 1. The fraction of sp³-hybridized carbons (Fsp3) is 0.312. The van der Waals surface area contributed by atoms with Crippen molar-refractivity contribution in [3.63, 3.8) is 0 Å². The first-order chi connectivity index (χ1) is 11.1. The van der Waals surface area contributed by atoms with Gasteiger partial charge in [-0.2, -0.15) is 0 Å². The number of nitrogens with zero attached hydrogens (tertiary/aromatic N) is 2. The van der Waals surface area contributed by atoms with Gasteiger partial charge in [0.05, 0.1) is 5.92 Å². The van der Waals surface area contributed by atoms with Gasteiger partial charge in [0.1, 0.15) is 0 Å². The summed E-state index contributed by atoms with van der Waals surface area (Å²) < 4.78 is 1.59. The van der Waals surface area contributed by atoms with Crippen molar-refractivity contribution in [1.29, 1.82) is 0 Å². The first-order valence-corrected chi connectivity index (χ1v) is 8.63. The molecule has 1 atom stereocenters. The number of amides is 1. The Morgan fingerprint density at radius 2 is 2.26 bits per heavy atom. The molecule has 0 fully saturated rings. The Morgan fingerprint density at radius 3 is 3.04 bits per heavy atom. The molecule has 1 amide bonds. The van der Waals surface area contributed by atoms with Crippen molar-refractivity contribution in [3.05, 3.63) is 57.0 Å². The molecule has 2 aromatic rings. The van der Waals surface area contributed by atoms with Crippen molar-refractivity contribution >= 4 is 29.3 Å². The fourth-order valence-electron chi connectivity index (χ4n) is 2.43. The summed E-state index contributed by atoms with van der Waals surface area (Å²) in [6.07, 6.45) is 1.58. The predicted molar refractivity (Wildman–Crippen MR) is 90.7 cm³/mol. The summed E-state index contributed by atoms with van der Waals surface area (Å²) in [7, 11) is 0. The highest BCUT2D eigenvalue weighted by molar-refractivity contribution is 7.99. The van der Waals surface area contributed by atoms with Gasteiger partial charge in [0.15, 0.2) is 5.16 Å². The molecular weight excluding hydrogens is 334 g/mol. The van der Waals surface area contributed by atoms with E-state index in [2.05, 4.69) is 10.3 Å². The molecule has 7 heteroatoms. The van der Waals surface area contributed by atoms with Crippen molar-refractivity contribution in [1.82, 2.24) is 14.9 Å². The van der Waals surface area contributed by atoms with Crippen LogP contribution in [0.4, 0.5) is 0 Å². The molecule has 0 bridgehead atoms. The molecule has 1 aliphatic rings. The first-order valence-electron chi connectivity index (χ1n) is 7.26. The summed E-state index contributed by atoms with van der Waals surface area (Å²) in [5, 5.41) is 4.21. The maximum Gasteiger partial charge on any atom is 0.257 e. The van der Waals surface area contributed by atoms with Gasteiger partial charge in [-0.3, -0.25) is 14.2 Å². The Bertz CT molecular complexity index is 806. The monoisotopic (exact) mass is 349 g/mol. The SMILES string of the molecule is Cc1cnc2n(c1=O)C[C@H](C(=O)NCc1ccccc1Cl)CS2. The molecule has 1 N–H and O–H groups in total. The molecule has 3 rings (SSSR count). The van der Waals surface area contributed by atoms with Crippen LogP contribution in [-0.2, 0) is 17.9 Å². The lowest BCUT2D eigenvalue weighted by molar-refractivity contribution is -0.125. The molecule has 1 aromatic heterocycles. The molecule has 0 saturated carbocycles. The number of halogens is 1. The van der Waals surface area contributed by atoms with Gasteiger partial charge in [0, 0.05) is 35.6 Å². The van der Waals surface area contributed by atoms with Crippen LogP contribution in [0.2, 0.25) is 5.02 Å². The number of nitrogens with one attached hydrogen (secondary N) is 1. The van der Waals surface area contributed by atoms with Crippen LogP contribution in [0.1, 0.15) is 11.1 Å². The van der Waals surface area contributed by atoms with E-state index in [0.29, 0.717) is 34.6 Å². The summed E-state index contributed by atoms with van der Waals surface area (Å²) in [4.78, 5) is 28.8. The molecule has 0 spiro atoms. The van der Waals surface area contributed by atoms with E-state index in [9.17, 15) is 9.59 Å². The molecular formula is C16H16ClN3O2S. The summed E-state index contributed by atoms with van der Waals surface area (Å²) in [5.74, 6) is 0.289. The molecule has 2 heterocycles. The lowest BCUT2D eigenvalue weighted by Gasteiger charge is -2.24. The quantitative estimate of drug-likeness (QED) is 0.863. The van der Waals surface area contributed by atoms with Crippen molar-refractivity contribution in [3.8, 4) is 0 Å². The van der Waals surface area contributed by atoms with Crippen LogP contribution < -0.4 is 10.9 Å². The minimum absolute atomic E-state index is 0.0727. The molecule has 0 unspecified atom stereocenters. The van der Waals surface area contributed by atoms with E-state index in [0.717, 1.165) is 5.56 Å². The van der Waals surface area contributed by atoms with Crippen molar-refractivity contribution in [2.75, 3.05) is 5.75 Å². The largest absolute Gasteiger partial charge is 0.352 e. The van der Waals surface area contributed by atoms with E-state index in [1.165, 1.54) is 11.8 Å². The maximum absolute atomic E-state index is 12.4. The van der Waals surface area contributed by atoms with Crippen molar-refractivity contribution < 1.29 is 4.79 Å². The summed E-state index contributed by atoms with van der Waals surface area (Å²) in [6.45, 7) is 2.48. The van der Waals surface area contributed by atoms with Crippen LogP contribution in [0.5, 0.6) is 0 Å². The normalized spacial score (nSPS) is 16.7. The summed E-state index contributed by atoms with van der Waals surface area (Å²) in [5.41, 5.74) is 1.39. The summed E-state index contributed by atoms with van der Waals surface area (Å²) in [6, 6.07) is 7.41. The maximum atomic E-state index is 12.4. The molecule has 1 aliphatic heterocycles. The average molecular weight is 350 g/mol. The Morgan fingerprint density at radius 1 is 1.48 bits per heavy atom. The highest BCUT2D eigenvalue weighted by Crippen LogP contribution is 2.25. The molecule has 120 valence electrons. The summed E-state index contributed by atoms with van der Waals surface area (Å²) >= 11 is 7.53. The topological polar surface area (TPSA) is 64.0 Å². The number of carbonyl (C=O) groups is 1. The third kappa shape index (κ3) is 3.43. The number of benzene rings is 1. The second-order valence-corrected chi connectivity index (χ2v) is 6.85. The van der Waals surface area contributed by atoms with Gasteiger partial charge in [-0.25, -0.2) is 4.98 Å². The highest BCUT2D eigenvalue weighted by Gasteiger charge is 2.26. The second kappa shape index (κ2) is 6.76. The van der Waals surface area contributed by atoms with Gasteiger partial charge in [-0.15, -0.1) is 0 Å². The zero-order chi connectivity index (χ0) is 16.4. The molecule has 0 radical (unpaired) electrons. The predicted octanol–water partition coefficient (Wildman–Crippen LogP) is 2.24. The average Bonchev–Trinajstić information content (AvgIpc) is 2.57. The zero-order valence-corrected chi connectivity index (χ0v) is 14.2. The second-order valence-electron chi connectivity index (χ2n) is 5.46. The van der Waals surface area contributed by atoms with Crippen LogP contribution in [0, 0.1) is 12.8 Å². The van der Waals surface area contributed by atoms with Crippen molar-refractivity contribution in [2.45, 2.75) is 25.2 Å². The third-order valence-electron chi connectivity index (χ3n) is 3.78. The Labute approximate surface area is 143 Å². The number of aryl methyl sites for hydroxylation is 1. The van der Waals surface area contributed by atoms with E-state index in [1.807, 2.05) is 18.2 Å². The van der Waals surface area contributed by atoms with Gasteiger partial charge in [0.2, 0.25) is 5.91 Å². The lowest BCUT2D eigenvalue weighted by atomic mass is 10.1. The highest BCUT2D eigenvalue weighted by atomic mass is 35.5. The smallest absolute Gasteiger partial charge is 0.257 e. The number of carbonyl (C=O) groups excluding carboxylic acids is 1. The first kappa shape index (κ1) is 16.1. The molecule has 1 aromatic carbocycles. The minimum atomic E-state index is -0.253. The van der Waals surface area contributed by atoms with E-state index >= 15 is 0 Å². The van der Waals surface area contributed by atoms with Crippen LogP contribution in [0.25, 0.3) is 0 Å².